The second-order valence-corrected chi connectivity index (χ2v) is 7.67. The van der Waals surface area contributed by atoms with Gasteiger partial charge in [-0.1, -0.05) is 11.6 Å². The van der Waals surface area contributed by atoms with E-state index in [1.807, 2.05) is 0 Å². The van der Waals surface area contributed by atoms with Crippen molar-refractivity contribution in [3.63, 3.8) is 0 Å². The average molecular weight is 445 g/mol. The maximum Gasteiger partial charge on any atom is 0.416 e. The van der Waals surface area contributed by atoms with Crippen LogP contribution in [0.15, 0.2) is 42.6 Å². The molecule has 12 heteroatoms. The topological polar surface area (TPSA) is 76.6 Å². The molecule has 2 aromatic heterocycles. The van der Waals surface area contributed by atoms with E-state index >= 15 is 0 Å². The van der Waals surface area contributed by atoms with Gasteiger partial charge in [0.05, 0.1) is 33.9 Å². The van der Waals surface area contributed by atoms with Crippen LogP contribution in [0.1, 0.15) is 5.56 Å². The molecule has 29 heavy (non-hydrogen) atoms. The molecule has 0 aliphatic carbocycles. The van der Waals surface area contributed by atoms with E-state index in [-0.39, 0.29) is 11.6 Å². The highest BCUT2D eigenvalue weighted by atomic mass is 35.5. The fourth-order valence-electron chi connectivity index (χ4n) is 2.44. The number of nitrogens with one attached hydrogen (secondary N) is 2. The Morgan fingerprint density at radius 1 is 1.10 bits per heavy atom. The number of halogens is 4. The first-order chi connectivity index (χ1) is 13.6. The molecule has 0 saturated carbocycles. The minimum atomic E-state index is -4.47. The Morgan fingerprint density at radius 2 is 1.86 bits per heavy atom. The normalized spacial score (nSPS) is 12.0. The monoisotopic (exact) mass is 444 g/mol. The van der Waals surface area contributed by atoms with Gasteiger partial charge >= 0.3 is 6.18 Å². The second kappa shape index (κ2) is 8.59. The number of anilines is 3. The molecule has 0 saturated heterocycles. The molecular formula is C17H16ClF3N6OS. The van der Waals surface area contributed by atoms with Crippen molar-refractivity contribution >= 4 is 52.0 Å². The lowest BCUT2D eigenvalue weighted by molar-refractivity contribution is -0.137. The summed E-state index contributed by atoms with van der Waals surface area (Å²) in [6.45, 7) is 0. The van der Waals surface area contributed by atoms with E-state index in [1.165, 1.54) is 0 Å². The predicted molar refractivity (Wildman–Crippen MR) is 108 cm³/mol. The average Bonchev–Trinajstić information content (AvgIpc) is 2.63. The highest BCUT2D eigenvalue weighted by molar-refractivity contribution is 7.94. The maximum atomic E-state index is 12.9. The van der Waals surface area contributed by atoms with Gasteiger partial charge in [0.15, 0.2) is 0 Å². The third-order valence-electron chi connectivity index (χ3n) is 3.61. The molecule has 0 fully saturated rings. The molecule has 0 unspecified atom stereocenters. The van der Waals surface area contributed by atoms with Crippen molar-refractivity contribution in [2.24, 2.45) is 0 Å². The number of fused-ring (bicyclic) bond motifs is 1. The standard InChI is InChI=1S/C17H16ClF3N6OS/c1-26(2)29-27(28)25-13-5-4-12(18)16-11(13)3-6-14(24-16)23-15-9-10(7-8-22-15)17(19,20)21/h3-9,25,28H,1-2H3,(H,22,23,24). The van der Waals surface area contributed by atoms with E-state index < -0.39 is 11.7 Å². The van der Waals surface area contributed by atoms with Crippen LogP contribution in [-0.4, -0.2) is 38.2 Å². The first-order valence-corrected chi connectivity index (χ1v) is 9.25. The number of alkyl halides is 3. The first kappa shape index (κ1) is 21.4. The Kier molecular flexibility index (Phi) is 6.34. The van der Waals surface area contributed by atoms with Crippen LogP contribution in [0.3, 0.4) is 0 Å². The van der Waals surface area contributed by atoms with Crippen LogP contribution in [0.25, 0.3) is 10.9 Å². The number of pyridine rings is 2. The van der Waals surface area contributed by atoms with Crippen molar-refractivity contribution < 1.29 is 18.4 Å². The molecule has 7 nitrogen and oxygen atoms in total. The van der Waals surface area contributed by atoms with E-state index in [0.29, 0.717) is 21.6 Å². The molecule has 3 aromatic rings. The van der Waals surface area contributed by atoms with Crippen molar-refractivity contribution in [2.45, 2.75) is 6.18 Å². The van der Waals surface area contributed by atoms with Gasteiger partial charge in [-0.05, 0) is 55.1 Å². The molecule has 0 aliphatic heterocycles. The quantitative estimate of drug-likeness (QED) is 0.354. The highest BCUT2D eigenvalue weighted by Gasteiger charge is 2.30. The molecule has 154 valence electrons. The van der Waals surface area contributed by atoms with E-state index in [1.54, 1.807) is 42.7 Å². The summed E-state index contributed by atoms with van der Waals surface area (Å²) >= 11 is 7.25. The van der Waals surface area contributed by atoms with Crippen LogP contribution in [-0.2, 0) is 6.18 Å². The molecule has 0 bridgehead atoms. The van der Waals surface area contributed by atoms with Crippen molar-refractivity contribution in [2.75, 3.05) is 24.8 Å². The van der Waals surface area contributed by atoms with Crippen molar-refractivity contribution in [1.29, 1.82) is 0 Å². The Hall–Kier alpha value is -2.31. The lowest BCUT2D eigenvalue weighted by Crippen LogP contribution is -2.23. The third kappa shape index (κ3) is 5.40. The van der Waals surface area contributed by atoms with Crippen LogP contribution in [0, 0.1) is 0 Å². The summed E-state index contributed by atoms with van der Waals surface area (Å²) in [7, 11) is 3.52. The molecular weight excluding hydrogens is 429 g/mol. The second-order valence-electron chi connectivity index (χ2n) is 6.02. The summed E-state index contributed by atoms with van der Waals surface area (Å²) < 4.78 is 41.1. The summed E-state index contributed by atoms with van der Waals surface area (Å²) in [4.78, 5) is 8.26. The lowest BCUT2D eigenvalue weighted by Gasteiger charge is -2.20. The Balaban J connectivity index is 1.89. The van der Waals surface area contributed by atoms with Gasteiger partial charge in [0.25, 0.3) is 0 Å². The van der Waals surface area contributed by atoms with Crippen LogP contribution in [0.2, 0.25) is 5.02 Å². The first-order valence-electron chi connectivity index (χ1n) is 8.14. The Labute approximate surface area is 173 Å². The summed E-state index contributed by atoms with van der Waals surface area (Å²) in [5.41, 5.74) is 2.91. The van der Waals surface area contributed by atoms with Gasteiger partial charge < -0.3 is 5.32 Å². The molecule has 1 aromatic carbocycles. The fraction of sp³-hybridized carbons (Fsp3) is 0.176. The molecule has 0 aliphatic rings. The summed E-state index contributed by atoms with van der Waals surface area (Å²) in [5, 5.41) is 13.6. The zero-order chi connectivity index (χ0) is 21.2. The van der Waals surface area contributed by atoms with Gasteiger partial charge in [0.2, 0.25) is 0 Å². The van der Waals surface area contributed by atoms with Crippen molar-refractivity contribution in [1.82, 2.24) is 18.9 Å². The maximum absolute atomic E-state index is 12.9. The summed E-state index contributed by atoms with van der Waals surface area (Å²) in [6.07, 6.45) is -3.40. The smallest absolute Gasteiger partial charge is 0.325 e. The van der Waals surface area contributed by atoms with Gasteiger partial charge in [-0.2, -0.15) is 13.2 Å². The minimum Gasteiger partial charge on any atom is -0.325 e. The molecule has 0 atom stereocenters. The van der Waals surface area contributed by atoms with Gasteiger partial charge in [-0.3, -0.25) is 10.6 Å². The molecule has 0 amide bonds. The van der Waals surface area contributed by atoms with Gasteiger partial charge in [-0.25, -0.2) is 14.3 Å². The van der Waals surface area contributed by atoms with Gasteiger partial charge in [0, 0.05) is 11.6 Å². The van der Waals surface area contributed by atoms with Crippen LogP contribution >= 0.6 is 23.7 Å². The summed E-state index contributed by atoms with van der Waals surface area (Å²) in [6, 6.07) is 8.31. The number of aromatic nitrogens is 2. The molecule has 0 spiro atoms. The van der Waals surface area contributed by atoms with Crippen molar-refractivity contribution in [3.8, 4) is 0 Å². The van der Waals surface area contributed by atoms with E-state index in [4.69, 9.17) is 11.6 Å². The minimum absolute atomic E-state index is 0.000920. The zero-order valence-electron chi connectivity index (χ0n) is 15.2. The number of hydrogen-bond acceptors (Lipinski definition) is 8. The third-order valence-corrected chi connectivity index (χ3v) is 4.49. The predicted octanol–water partition coefficient (Wildman–Crippen LogP) is 5.19. The fourth-order valence-corrected chi connectivity index (χ4v) is 3.09. The largest absolute Gasteiger partial charge is 0.416 e. The van der Waals surface area contributed by atoms with E-state index in [2.05, 4.69) is 20.7 Å². The van der Waals surface area contributed by atoms with E-state index in [0.717, 1.165) is 35.0 Å². The van der Waals surface area contributed by atoms with Gasteiger partial charge in [0.1, 0.15) is 11.6 Å². The molecule has 0 radical (unpaired) electrons. The lowest BCUT2D eigenvalue weighted by atomic mass is 10.2. The zero-order valence-corrected chi connectivity index (χ0v) is 16.8. The SMILES string of the molecule is CN(C)SN(O)Nc1ccc(Cl)c2nc(Nc3cc(C(F)(F)F)ccn3)ccc12. The Bertz CT molecular complexity index is 1020. The van der Waals surface area contributed by atoms with Crippen LogP contribution in [0.4, 0.5) is 30.5 Å². The van der Waals surface area contributed by atoms with Crippen molar-refractivity contribution in [3.05, 3.63) is 53.2 Å². The number of rotatable bonds is 6. The number of benzene rings is 1. The molecule has 2 heterocycles. The van der Waals surface area contributed by atoms with Gasteiger partial charge in [-0.15, -0.1) is 0 Å². The van der Waals surface area contributed by atoms with E-state index in [9.17, 15) is 18.4 Å². The number of nitrogens with zero attached hydrogens (tertiary/aromatic N) is 4. The molecule has 3 rings (SSSR count). The number of hydrogen-bond donors (Lipinski definition) is 3. The summed E-state index contributed by atoms with van der Waals surface area (Å²) in [5.74, 6) is 0.271. The van der Waals surface area contributed by atoms with Crippen LogP contribution in [0.5, 0.6) is 0 Å². The molecule has 3 N–H and O–H groups in total. The Morgan fingerprint density at radius 3 is 2.55 bits per heavy atom. The highest BCUT2D eigenvalue weighted by Crippen LogP contribution is 2.33. The van der Waals surface area contributed by atoms with Crippen LogP contribution < -0.4 is 10.7 Å². The number of hydrazine groups is 1.